The third kappa shape index (κ3) is 3.33. The van der Waals surface area contributed by atoms with E-state index in [0.29, 0.717) is 5.92 Å². The molecule has 74 valence electrons. The van der Waals surface area contributed by atoms with Gasteiger partial charge >= 0.3 is 0 Å². The summed E-state index contributed by atoms with van der Waals surface area (Å²) in [4.78, 5) is 2.23. The van der Waals surface area contributed by atoms with E-state index in [1.54, 1.807) is 0 Å². The SMILES string of the molecule is CC(C)CC(C#N)N1CCOCC1. The number of rotatable bonds is 3. The van der Waals surface area contributed by atoms with Crippen LogP contribution >= 0.6 is 0 Å². The van der Waals surface area contributed by atoms with Crippen LogP contribution in [0.15, 0.2) is 0 Å². The molecule has 1 atom stereocenters. The predicted molar refractivity (Wildman–Crippen MR) is 51.2 cm³/mol. The van der Waals surface area contributed by atoms with E-state index >= 15 is 0 Å². The van der Waals surface area contributed by atoms with Gasteiger partial charge in [0.15, 0.2) is 0 Å². The summed E-state index contributed by atoms with van der Waals surface area (Å²) in [5, 5.41) is 8.99. The summed E-state index contributed by atoms with van der Waals surface area (Å²) in [7, 11) is 0. The summed E-state index contributed by atoms with van der Waals surface area (Å²) in [6, 6.07) is 2.46. The van der Waals surface area contributed by atoms with Gasteiger partial charge in [0.25, 0.3) is 0 Å². The van der Waals surface area contributed by atoms with E-state index < -0.39 is 0 Å². The van der Waals surface area contributed by atoms with Crippen LogP contribution in [-0.4, -0.2) is 37.2 Å². The molecule has 13 heavy (non-hydrogen) atoms. The van der Waals surface area contributed by atoms with Crippen LogP contribution in [0.25, 0.3) is 0 Å². The van der Waals surface area contributed by atoms with Gasteiger partial charge in [-0.3, -0.25) is 4.90 Å². The number of hydrogen-bond donors (Lipinski definition) is 0. The minimum atomic E-state index is 0.0869. The summed E-state index contributed by atoms with van der Waals surface area (Å²) in [6.07, 6.45) is 0.969. The van der Waals surface area contributed by atoms with E-state index in [2.05, 4.69) is 24.8 Å². The first-order valence-corrected chi connectivity index (χ1v) is 4.95. The van der Waals surface area contributed by atoms with Crippen molar-refractivity contribution in [3.8, 4) is 6.07 Å². The first-order valence-electron chi connectivity index (χ1n) is 4.95. The number of hydrogen-bond acceptors (Lipinski definition) is 3. The van der Waals surface area contributed by atoms with E-state index in [-0.39, 0.29) is 6.04 Å². The molecule has 0 aromatic rings. The molecule has 3 nitrogen and oxygen atoms in total. The summed E-state index contributed by atoms with van der Waals surface area (Å²) in [5.74, 6) is 0.590. The Morgan fingerprint density at radius 3 is 2.46 bits per heavy atom. The summed E-state index contributed by atoms with van der Waals surface area (Å²) >= 11 is 0. The zero-order valence-electron chi connectivity index (χ0n) is 8.49. The van der Waals surface area contributed by atoms with Gasteiger partial charge in [0.1, 0.15) is 0 Å². The van der Waals surface area contributed by atoms with Crippen LogP contribution in [0.4, 0.5) is 0 Å². The highest BCUT2D eigenvalue weighted by molar-refractivity contribution is 4.92. The van der Waals surface area contributed by atoms with Crippen LogP contribution in [0.3, 0.4) is 0 Å². The minimum Gasteiger partial charge on any atom is -0.379 e. The molecule has 3 heteroatoms. The predicted octanol–water partition coefficient (Wildman–Crippen LogP) is 1.26. The molecule has 0 N–H and O–H groups in total. The van der Waals surface area contributed by atoms with Gasteiger partial charge in [0.05, 0.1) is 25.3 Å². The summed E-state index contributed by atoms with van der Waals surface area (Å²) in [6.45, 7) is 7.68. The highest BCUT2D eigenvalue weighted by atomic mass is 16.5. The average Bonchev–Trinajstić information content (AvgIpc) is 2.15. The third-order valence-electron chi connectivity index (χ3n) is 2.33. The Kier molecular flexibility index (Phi) is 4.20. The largest absolute Gasteiger partial charge is 0.379 e. The number of nitriles is 1. The van der Waals surface area contributed by atoms with Gasteiger partial charge < -0.3 is 4.74 Å². The lowest BCUT2D eigenvalue weighted by Gasteiger charge is -2.31. The van der Waals surface area contributed by atoms with Crippen LogP contribution in [0.2, 0.25) is 0 Å². The van der Waals surface area contributed by atoms with Crippen LogP contribution in [-0.2, 0) is 4.74 Å². The highest BCUT2D eigenvalue weighted by Gasteiger charge is 2.20. The van der Waals surface area contributed by atoms with Crippen molar-refractivity contribution in [3.63, 3.8) is 0 Å². The Morgan fingerprint density at radius 1 is 1.38 bits per heavy atom. The molecule has 1 heterocycles. The Bertz CT molecular complexity index is 180. The second kappa shape index (κ2) is 5.21. The van der Waals surface area contributed by atoms with E-state index in [9.17, 15) is 0 Å². The maximum absolute atomic E-state index is 8.99. The molecule has 1 unspecified atom stereocenters. The first-order chi connectivity index (χ1) is 6.24. The van der Waals surface area contributed by atoms with Crippen molar-refractivity contribution in [2.75, 3.05) is 26.3 Å². The lowest BCUT2D eigenvalue weighted by molar-refractivity contribution is 0.0235. The molecule has 0 aromatic carbocycles. The van der Waals surface area contributed by atoms with Crippen molar-refractivity contribution < 1.29 is 4.74 Å². The van der Waals surface area contributed by atoms with Crippen molar-refractivity contribution in [2.24, 2.45) is 5.92 Å². The van der Waals surface area contributed by atoms with Gasteiger partial charge in [-0.1, -0.05) is 13.8 Å². The fourth-order valence-electron chi connectivity index (χ4n) is 1.62. The molecule has 0 aliphatic carbocycles. The molecule has 0 amide bonds. The second-order valence-electron chi connectivity index (χ2n) is 3.92. The van der Waals surface area contributed by atoms with Gasteiger partial charge in [0, 0.05) is 13.1 Å². The molecule has 0 aromatic heterocycles. The topological polar surface area (TPSA) is 36.3 Å². The molecule has 1 saturated heterocycles. The molecule has 0 bridgehead atoms. The van der Waals surface area contributed by atoms with Crippen molar-refractivity contribution in [1.29, 1.82) is 5.26 Å². The molecule has 1 rings (SSSR count). The Balaban J connectivity index is 2.40. The number of morpholine rings is 1. The zero-order valence-corrected chi connectivity index (χ0v) is 8.49. The van der Waals surface area contributed by atoms with E-state index in [0.717, 1.165) is 32.7 Å². The average molecular weight is 182 g/mol. The van der Waals surface area contributed by atoms with E-state index in [1.165, 1.54) is 0 Å². The van der Waals surface area contributed by atoms with Crippen LogP contribution in [0.5, 0.6) is 0 Å². The maximum atomic E-state index is 8.99. The Morgan fingerprint density at radius 2 is 2.00 bits per heavy atom. The van der Waals surface area contributed by atoms with Crippen molar-refractivity contribution in [1.82, 2.24) is 4.90 Å². The second-order valence-corrected chi connectivity index (χ2v) is 3.92. The Hall–Kier alpha value is -0.590. The van der Waals surface area contributed by atoms with E-state index in [1.807, 2.05) is 0 Å². The maximum Gasteiger partial charge on any atom is 0.0981 e. The zero-order chi connectivity index (χ0) is 9.68. The number of nitrogens with zero attached hydrogens (tertiary/aromatic N) is 2. The van der Waals surface area contributed by atoms with Gasteiger partial charge in [-0.05, 0) is 12.3 Å². The Labute approximate surface area is 80.3 Å². The minimum absolute atomic E-state index is 0.0869. The quantitative estimate of drug-likeness (QED) is 0.659. The van der Waals surface area contributed by atoms with Crippen LogP contribution < -0.4 is 0 Å². The molecule has 1 aliphatic heterocycles. The summed E-state index contributed by atoms with van der Waals surface area (Å²) < 4.78 is 5.25. The number of ether oxygens (including phenoxy) is 1. The standard InChI is InChI=1S/C10H18N2O/c1-9(2)7-10(8-11)12-3-5-13-6-4-12/h9-10H,3-7H2,1-2H3. The van der Waals surface area contributed by atoms with Crippen molar-refractivity contribution >= 4 is 0 Å². The molecule has 1 fully saturated rings. The fourth-order valence-corrected chi connectivity index (χ4v) is 1.62. The summed E-state index contributed by atoms with van der Waals surface area (Å²) in [5.41, 5.74) is 0. The van der Waals surface area contributed by atoms with Gasteiger partial charge in [0.2, 0.25) is 0 Å². The molecule has 0 spiro atoms. The van der Waals surface area contributed by atoms with Gasteiger partial charge in [-0.25, -0.2) is 0 Å². The molecule has 0 radical (unpaired) electrons. The molecule has 0 saturated carbocycles. The monoisotopic (exact) mass is 182 g/mol. The molecular weight excluding hydrogens is 164 g/mol. The molecule has 1 aliphatic rings. The van der Waals surface area contributed by atoms with E-state index in [4.69, 9.17) is 10.00 Å². The lowest BCUT2D eigenvalue weighted by atomic mass is 10.0. The smallest absolute Gasteiger partial charge is 0.0981 e. The van der Waals surface area contributed by atoms with Crippen molar-refractivity contribution in [2.45, 2.75) is 26.3 Å². The van der Waals surface area contributed by atoms with Crippen LogP contribution in [0.1, 0.15) is 20.3 Å². The highest BCUT2D eigenvalue weighted by Crippen LogP contribution is 2.12. The fraction of sp³-hybridized carbons (Fsp3) is 0.900. The van der Waals surface area contributed by atoms with Gasteiger partial charge in [-0.2, -0.15) is 5.26 Å². The first kappa shape index (κ1) is 10.5. The van der Waals surface area contributed by atoms with Crippen LogP contribution in [0, 0.1) is 17.2 Å². The molecular formula is C10H18N2O. The van der Waals surface area contributed by atoms with Crippen molar-refractivity contribution in [3.05, 3.63) is 0 Å². The lowest BCUT2D eigenvalue weighted by Crippen LogP contribution is -2.43. The third-order valence-corrected chi connectivity index (χ3v) is 2.33. The normalized spacial score (nSPS) is 21.4. The van der Waals surface area contributed by atoms with Gasteiger partial charge in [-0.15, -0.1) is 0 Å².